The molecule has 18 heavy (non-hydrogen) atoms. The average Bonchev–Trinajstić information content (AvgIpc) is 2.27. The van der Waals surface area contributed by atoms with Crippen LogP contribution in [0.15, 0.2) is 24.3 Å². The van der Waals surface area contributed by atoms with Crippen LogP contribution in [-0.2, 0) is 21.4 Å². The number of benzene rings is 1. The van der Waals surface area contributed by atoms with Crippen molar-refractivity contribution in [2.45, 2.75) is 6.54 Å². The highest BCUT2D eigenvalue weighted by atomic mass is 32.2. The Bertz CT molecular complexity index is 514. The highest BCUT2D eigenvalue weighted by Gasteiger charge is 2.14. The lowest BCUT2D eigenvalue weighted by Crippen LogP contribution is -2.37. The first-order valence-electron chi connectivity index (χ1n) is 5.21. The van der Waals surface area contributed by atoms with Gasteiger partial charge in [0, 0.05) is 13.6 Å². The number of rotatable bonds is 5. The second kappa shape index (κ2) is 5.92. The van der Waals surface area contributed by atoms with Crippen molar-refractivity contribution < 1.29 is 17.6 Å². The second-order valence-corrected chi connectivity index (χ2v) is 6.01. The van der Waals surface area contributed by atoms with Gasteiger partial charge in [0.25, 0.3) is 0 Å². The van der Waals surface area contributed by atoms with Gasteiger partial charge < -0.3 is 5.32 Å². The molecule has 1 N–H and O–H groups in total. The Kier molecular flexibility index (Phi) is 4.80. The summed E-state index contributed by atoms with van der Waals surface area (Å²) in [5.41, 5.74) is 0.742. The van der Waals surface area contributed by atoms with E-state index in [1.165, 1.54) is 19.2 Å². The van der Waals surface area contributed by atoms with Crippen LogP contribution in [0, 0.1) is 5.82 Å². The molecule has 5 nitrogen and oxygen atoms in total. The molecule has 0 atom stereocenters. The monoisotopic (exact) mass is 274 g/mol. The third kappa shape index (κ3) is 4.80. The van der Waals surface area contributed by atoms with E-state index in [0.717, 1.165) is 16.1 Å². The standard InChI is InChI=1S/C11H15FN2O3S/c1-14(18(2,16)17)8-11(15)13-7-9-3-5-10(12)6-4-9/h3-6H,7-8H2,1-2H3,(H,13,15). The zero-order chi connectivity index (χ0) is 13.8. The molecule has 0 saturated carbocycles. The summed E-state index contributed by atoms with van der Waals surface area (Å²) in [6, 6.07) is 5.69. The van der Waals surface area contributed by atoms with Crippen molar-refractivity contribution in [2.75, 3.05) is 19.8 Å². The number of hydrogen-bond donors (Lipinski definition) is 1. The predicted molar refractivity (Wildman–Crippen MR) is 65.7 cm³/mol. The van der Waals surface area contributed by atoms with Crippen molar-refractivity contribution in [1.82, 2.24) is 9.62 Å². The Morgan fingerprint density at radius 3 is 2.39 bits per heavy atom. The van der Waals surface area contributed by atoms with E-state index < -0.39 is 15.9 Å². The van der Waals surface area contributed by atoms with Gasteiger partial charge in [-0.1, -0.05) is 12.1 Å². The number of sulfonamides is 1. The average molecular weight is 274 g/mol. The molecule has 1 aromatic rings. The maximum Gasteiger partial charge on any atom is 0.235 e. The number of amides is 1. The highest BCUT2D eigenvalue weighted by molar-refractivity contribution is 7.88. The molecule has 1 amide bonds. The molecule has 0 aliphatic carbocycles. The molecule has 0 unspecified atom stereocenters. The van der Waals surface area contributed by atoms with Crippen molar-refractivity contribution >= 4 is 15.9 Å². The Balaban J connectivity index is 2.45. The van der Waals surface area contributed by atoms with Gasteiger partial charge in [0.15, 0.2) is 0 Å². The number of nitrogens with zero attached hydrogens (tertiary/aromatic N) is 1. The Hall–Kier alpha value is -1.47. The summed E-state index contributed by atoms with van der Waals surface area (Å²) in [5.74, 6) is -0.755. The van der Waals surface area contributed by atoms with Crippen molar-refractivity contribution in [2.24, 2.45) is 0 Å². The van der Waals surface area contributed by atoms with Crippen molar-refractivity contribution in [3.63, 3.8) is 0 Å². The van der Waals surface area contributed by atoms with Gasteiger partial charge in [0.05, 0.1) is 12.8 Å². The molecule has 0 heterocycles. The molecule has 0 spiro atoms. The summed E-state index contributed by atoms with van der Waals surface area (Å²) >= 11 is 0. The third-order valence-corrected chi connectivity index (χ3v) is 3.60. The topological polar surface area (TPSA) is 66.5 Å². The van der Waals surface area contributed by atoms with Gasteiger partial charge in [-0.05, 0) is 17.7 Å². The van der Waals surface area contributed by atoms with Crippen LogP contribution in [0.3, 0.4) is 0 Å². The van der Waals surface area contributed by atoms with Gasteiger partial charge in [-0.15, -0.1) is 0 Å². The van der Waals surface area contributed by atoms with E-state index in [1.807, 2.05) is 0 Å². The van der Waals surface area contributed by atoms with Gasteiger partial charge in [-0.25, -0.2) is 12.8 Å². The minimum Gasteiger partial charge on any atom is -0.351 e. The normalized spacial score (nSPS) is 11.6. The number of nitrogens with one attached hydrogen (secondary N) is 1. The number of hydrogen-bond acceptors (Lipinski definition) is 3. The molecule has 0 aliphatic heterocycles. The number of halogens is 1. The van der Waals surface area contributed by atoms with Crippen molar-refractivity contribution in [3.8, 4) is 0 Å². The fraction of sp³-hybridized carbons (Fsp3) is 0.364. The zero-order valence-electron chi connectivity index (χ0n) is 10.2. The predicted octanol–water partition coefficient (Wildman–Crippen LogP) is 0.333. The van der Waals surface area contributed by atoms with Crippen molar-refractivity contribution in [3.05, 3.63) is 35.6 Å². The molecule has 0 aromatic heterocycles. The van der Waals surface area contributed by atoms with E-state index in [-0.39, 0.29) is 18.9 Å². The molecule has 100 valence electrons. The second-order valence-electron chi connectivity index (χ2n) is 3.92. The van der Waals surface area contributed by atoms with Gasteiger partial charge >= 0.3 is 0 Å². The molecule has 1 rings (SSSR count). The van der Waals surface area contributed by atoms with Crippen LogP contribution in [0.2, 0.25) is 0 Å². The molecular formula is C11H15FN2O3S. The minimum absolute atomic E-state index is 0.233. The molecular weight excluding hydrogens is 259 g/mol. The van der Waals surface area contributed by atoms with Crippen molar-refractivity contribution in [1.29, 1.82) is 0 Å². The van der Waals surface area contributed by atoms with Gasteiger partial charge in [-0.2, -0.15) is 4.31 Å². The smallest absolute Gasteiger partial charge is 0.235 e. The quantitative estimate of drug-likeness (QED) is 0.841. The first-order chi connectivity index (χ1) is 8.29. The summed E-state index contributed by atoms with van der Waals surface area (Å²) in [6.07, 6.45) is 1.03. The van der Waals surface area contributed by atoms with Crippen LogP contribution in [0.25, 0.3) is 0 Å². The minimum atomic E-state index is -3.36. The third-order valence-electron chi connectivity index (χ3n) is 2.34. The van der Waals surface area contributed by atoms with Crippen LogP contribution in [-0.4, -0.2) is 38.5 Å². The van der Waals surface area contributed by atoms with Crippen LogP contribution in [0.4, 0.5) is 4.39 Å². The summed E-state index contributed by atoms with van der Waals surface area (Å²) in [5, 5.41) is 2.55. The summed E-state index contributed by atoms with van der Waals surface area (Å²) in [6.45, 7) is -0.00323. The lowest BCUT2D eigenvalue weighted by Gasteiger charge is -2.13. The van der Waals surface area contributed by atoms with E-state index in [0.29, 0.717) is 0 Å². The van der Waals surface area contributed by atoms with Crippen LogP contribution in [0.5, 0.6) is 0 Å². The van der Waals surface area contributed by atoms with Crippen LogP contribution in [0.1, 0.15) is 5.56 Å². The Morgan fingerprint density at radius 2 is 1.89 bits per heavy atom. The van der Waals surface area contributed by atoms with E-state index in [1.54, 1.807) is 12.1 Å². The number of likely N-dealkylation sites (N-methyl/N-ethyl adjacent to an activating group) is 1. The fourth-order valence-corrected chi connectivity index (χ4v) is 1.53. The molecule has 0 fully saturated rings. The van der Waals surface area contributed by atoms with E-state index in [2.05, 4.69) is 5.32 Å². The largest absolute Gasteiger partial charge is 0.351 e. The Labute approximate surface area is 106 Å². The van der Waals surface area contributed by atoms with E-state index in [9.17, 15) is 17.6 Å². The van der Waals surface area contributed by atoms with E-state index in [4.69, 9.17) is 0 Å². The van der Waals surface area contributed by atoms with Crippen LogP contribution < -0.4 is 5.32 Å². The summed E-state index contributed by atoms with van der Waals surface area (Å²) in [7, 11) is -2.04. The SMILES string of the molecule is CN(CC(=O)NCc1ccc(F)cc1)S(C)(=O)=O. The number of carbonyl (C=O) groups is 1. The van der Waals surface area contributed by atoms with Gasteiger partial charge in [-0.3, -0.25) is 4.79 Å². The molecule has 0 radical (unpaired) electrons. The summed E-state index contributed by atoms with van der Waals surface area (Å²) in [4.78, 5) is 11.4. The van der Waals surface area contributed by atoms with Crippen LogP contribution >= 0.6 is 0 Å². The Morgan fingerprint density at radius 1 is 1.33 bits per heavy atom. The molecule has 1 aromatic carbocycles. The van der Waals surface area contributed by atoms with E-state index >= 15 is 0 Å². The maximum atomic E-state index is 12.6. The molecule has 0 bridgehead atoms. The maximum absolute atomic E-state index is 12.6. The lowest BCUT2D eigenvalue weighted by molar-refractivity contribution is -0.121. The van der Waals surface area contributed by atoms with Gasteiger partial charge in [0.1, 0.15) is 5.82 Å². The molecule has 0 aliphatic rings. The fourth-order valence-electron chi connectivity index (χ4n) is 1.18. The van der Waals surface area contributed by atoms with Gasteiger partial charge in [0.2, 0.25) is 15.9 Å². The number of carbonyl (C=O) groups excluding carboxylic acids is 1. The summed E-state index contributed by atoms with van der Waals surface area (Å²) < 4.78 is 35.7. The lowest BCUT2D eigenvalue weighted by atomic mass is 10.2. The molecule has 0 saturated heterocycles. The highest BCUT2D eigenvalue weighted by Crippen LogP contribution is 2.02. The first-order valence-corrected chi connectivity index (χ1v) is 7.06. The zero-order valence-corrected chi connectivity index (χ0v) is 11.0. The molecule has 7 heteroatoms. The first kappa shape index (κ1) is 14.6.